The Kier molecular flexibility index (Phi) is 3.67. The topological polar surface area (TPSA) is 117 Å². The van der Waals surface area contributed by atoms with Crippen molar-refractivity contribution in [3.63, 3.8) is 0 Å². The largest absolute Gasteiger partial charge is 0.313 e. The predicted molar refractivity (Wildman–Crippen MR) is 64.7 cm³/mol. The first-order valence-corrected chi connectivity index (χ1v) is 6.91. The van der Waals surface area contributed by atoms with Gasteiger partial charge < -0.3 is 4.98 Å². The Hall–Kier alpha value is -2.13. The summed E-state index contributed by atoms with van der Waals surface area (Å²) in [5.74, 6) is -0.409. The van der Waals surface area contributed by atoms with Gasteiger partial charge in [0, 0.05) is 17.7 Å². The number of nitrogens with one attached hydrogen (secondary N) is 1. The molecule has 0 saturated heterocycles. The molecular weight excluding hydrogens is 272 g/mol. The molecule has 2 aromatic rings. The molecule has 2 rings (SSSR count). The third kappa shape index (κ3) is 3.93. The van der Waals surface area contributed by atoms with Crippen LogP contribution >= 0.6 is 0 Å². The normalized spacial score (nSPS) is 11.4. The minimum absolute atomic E-state index is 0.0436. The van der Waals surface area contributed by atoms with Crippen LogP contribution in [0.15, 0.2) is 35.6 Å². The third-order valence-corrected chi connectivity index (χ3v) is 3.02. The van der Waals surface area contributed by atoms with Gasteiger partial charge in [0.2, 0.25) is 0 Å². The van der Waals surface area contributed by atoms with E-state index in [4.69, 9.17) is 4.55 Å². The molecule has 19 heavy (non-hydrogen) atoms. The first kappa shape index (κ1) is 13.3. The van der Waals surface area contributed by atoms with E-state index in [9.17, 15) is 13.2 Å². The maximum absolute atomic E-state index is 11.1. The zero-order valence-corrected chi connectivity index (χ0v) is 10.5. The fourth-order valence-electron chi connectivity index (χ4n) is 1.40. The Balaban J connectivity index is 2.17. The highest BCUT2D eigenvalue weighted by molar-refractivity contribution is 7.85. The Morgan fingerprint density at radius 2 is 2.21 bits per heavy atom. The van der Waals surface area contributed by atoms with Crippen LogP contribution in [0.4, 0.5) is 0 Å². The lowest BCUT2D eigenvalue weighted by Gasteiger charge is -1.97. The van der Waals surface area contributed by atoms with Gasteiger partial charge >= 0.3 is 0 Å². The molecule has 0 aliphatic heterocycles. The van der Waals surface area contributed by atoms with E-state index in [-0.39, 0.29) is 12.1 Å². The predicted octanol–water partition coefficient (Wildman–Crippen LogP) is -0.993. The van der Waals surface area contributed by atoms with Crippen LogP contribution in [-0.4, -0.2) is 33.8 Å². The average Bonchev–Trinajstić information content (AvgIpc) is 2.36. The van der Waals surface area contributed by atoms with Gasteiger partial charge in [-0.05, 0) is 5.10 Å². The fraction of sp³-hybridized carbons (Fsp3) is 0.200. The molecule has 2 aromatic heterocycles. The quantitative estimate of drug-likeness (QED) is 0.549. The monoisotopic (exact) mass is 283 g/mol. The number of hydrogen-bond acceptors (Lipinski definition) is 5. The second-order valence-electron chi connectivity index (χ2n) is 3.76. The number of hydrogen-bond donors (Lipinski definition) is 2. The van der Waals surface area contributed by atoms with E-state index in [1.807, 2.05) is 0 Å². The molecule has 0 aliphatic carbocycles. The van der Waals surface area contributed by atoms with Gasteiger partial charge in [0.15, 0.2) is 12.7 Å². The van der Waals surface area contributed by atoms with Crippen LogP contribution in [0.5, 0.6) is 0 Å². The van der Waals surface area contributed by atoms with Crippen LogP contribution < -0.4 is 10.2 Å². The van der Waals surface area contributed by atoms with Crippen LogP contribution in [0.25, 0.3) is 11.3 Å². The van der Waals surface area contributed by atoms with Crippen LogP contribution in [-0.2, 0) is 16.7 Å². The molecule has 2 N–H and O–H groups in total. The maximum Gasteiger partial charge on any atom is 0.271 e. The molecular formula is C10H11N4O4S+. The minimum atomic E-state index is -4.01. The molecule has 2 heterocycles. The van der Waals surface area contributed by atoms with Crippen molar-refractivity contribution in [3.8, 4) is 11.3 Å². The molecule has 0 fully saturated rings. The summed E-state index contributed by atoms with van der Waals surface area (Å²) in [6.45, 7) is 0.0436. The van der Waals surface area contributed by atoms with Gasteiger partial charge in [0.25, 0.3) is 15.7 Å². The first-order valence-electron chi connectivity index (χ1n) is 5.30. The lowest BCUT2D eigenvalue weighted by molar-refractivity contribution is -0.750. The molecule has 0 bridgehead atoms. The summed E-state index contributed by atoms with van der Waals surface area (Å²) in [7, 11) is -4.01. The molecule has 0 aromatic carbocycles. The van der Waals surface area contributed by atoms with Gasteiger partial charge in [-0.2, -0.15) is 8.42 Å². The van der Waals surface area contributed by atoms with Crippen LogP contribution in [0.2, 0.25) is 0 Å². The number of aromatic nitrogens is 4. The summed E-state index contributed by atoms with van der Waals surface area (Å²) in [6.07, 6.45) is 4.30. The smallest absolute Gasteiger partial charge is 0.271 e. The van der Waals surface area contributed by atoms with Crippen molar-refractivity contribution in [2.24, 2.45) is 0 Å². The molecule has 0 atom stereocenters. The highest BCUT2D eigenvalue weighted by Crippen LogP contribution is 2.10. The number of nitrogens with zero attached hydrogens (tertiary/aromatic N) is 3. The maximum atomic E-state index is 11.1. The Bertz CT molecular complexity index is 724. The molecule has 100 valence electrons. The van der Waals surface area contributed by atoms with Crippen molar-refractivity contribution < 1.29 is 17.7 Å². The van der Waals surface area contributed by atoms with Crippen molar-refractivity contribution in [2.75, 3.05) is 5.75 Å². The summed E-state index contributed by atoms with van der Waals surface area (Å²) < 4.78 is 31.2. The van der Waals surface area contributed by atoms with Crippen molar-refractivity contribution in [1.29, 1.82) is 0 Å². The first-order chi connectivity index (χ1) is 8.94. The lowest BCUT2D eigenvalue weighted by atomic mass is 10.2. The number of aromatic amines is 1. The van der Waals surface area contributed by atoms with E-state index >= 15 is 0 Å². The van der Waals surface area contributed by atoms with Crippen LogP contribution in [0.1, 0.15) is 0 Å². The molecule has 0 saturated carbocycles. The molecule has 0 spiro atoms. The highest BCUT2D eigenvalue weighted by Gasteiger charge is 2.11. The molecule has 8 nitrogen and oxygen atoms in total. The highest BCUT2D eigenvalue weighted by atomic mass is 32.2. The standard InChI is InChI=1S/C10H10N4O4S/c15-10-5-9(11-7-12-10)8-1-2-14(13-6-8)3-4-19(16,17)18/h1-2,5-7H,3-4H2,(H-,11,12,15,16,17,18)/p+1. The van der Waals surface area contributed by atoms with E-state index in [2.05, 4.69) is 15.1 Å². The Morgan fingerprint density at radius 3 is 2.79 bits per heavy atom. The van der Waals surface area contributed by atoms with E-state index in [1.165, 1.54) is 23.3 Å². The summed E-state index contributed by atoms with van der Waals surface area (Å²) in [6, 6.07) is 2.98. The summed E-state index contributed by atoms with van der Waals surface area (Å²) in [5.41, 5.74) is 0.834. The molecule has 0 unspecified atom stereocenters. The van der Waals surface area contributed by atoms with Gasteiger partial charge in [-0.3, -0.25) is 9.35 Å². The average molecular weight is 283 g/mol. The Morgan fingerprint density at radius 1 is 1.42 bits per heavy atom. The number of aryl methyl sites for hydroxylation is 1. The fourth-order valence-corrected chi connectivity index (χ4v) is 1.82. The van der Waals surface area contributed by atoms with Crippen molar-refractivity contribution in [1.82, 2.24) is 15.1 Å². The van der Waals surface area contributed by atoms with E-state index in [0.717, 1.165) is 0 Å². The van der Waals surface area contributed by atoms with Gasteiger partial charge in [-0.15, -0.1) is 0 Å². The van der Waals surface area contributed by atoms with Crippen LogP contribution in [0.3, 0.4) is 0 Å². The van der Waals surface area contributed by atoms with E-state index in [0.29, 0.717) is 11.3 Å². The van der Waals surface area contributed by atoms with Crippen molar-refractivity contribution in [3.05, 3.63) is 41.2 Å². The second kappa shape index (κ2) is 5.24. The number of H-pyrrole nitrogens is 1. The van der Waals surface area contributed by atoms with Gasteiger partial charge in [-0.1, -0.05) is 4.68 Å². The number of rotatable bonds is 4. The SMILES string of the molecule is O=c1cc(-c2cc[n+](CCS(=O)(=O)O)nc2)nc[nH]1. The van der Waals surface area contributed by atoms with Crippen molar-refractivity contribution >= 4 is 10.1 Å². The van der Waals surface area contributed by atoms with E-state index in [1.54, 1.807) is 12.3 Å². The third-order valence-electron chi connectivity index (χ3n) is 2.32. The Labute approximate surface area is 108 Å². The van der Waals surface area contributed by atoms with Crippen LogP contribution in [0, 0.1) is 0 Å². The van der Waals surface area contributed by atoms with Gasteiger partial charge in [0.1, 0.15) is 11.9 Å². The second-order valence-corrected chi connectivity index (χ2v) is 5.33. The van der Waals surface area contributed by atoms with Crippen molar-refractivity contribution in [2.45, 2.75) is 6.54 Å². The molecule has 0 aliphatic rings. The molecule has 9 heteroatoms. The minimum Gasteiger partial charge on any atom is -0.313 e. The molecule has 0 radical (unpaired) electrons. The summed E-state index contributed by atoms with van der Waals surface area (Å²) >= 11 is 0. The van der Waals surface area contributed by atoms with Gasteiger partial charge in [0.05, 0.1) is 12.0 Å². The van der Waals surface area contributed by atoms with E-state index < -0.39 is 15.9 Å². The summed E-state index contributed by atoms with van der Waals surface area (Å²) in [4.78, 5) is 17.5. The zero-order chi connectivity index (χ0) is 13.9. The lowest BCUT2D eigenvalue weighted by Crippen LogP contribution is -2.40. The zero-order valence-electron chi connectivity index (χ0n) is 9.72. The van der Waals surface area contributed by atoms with Gasteiger partial charge in [-0.25, -0.2) is 4.98 Å². The molecule has 0 amide bonds. The summed E-state index contributed by atoms with van der Waals surface area (Å²) in [5, 5.41) is 3.98.